The van der Waals surface area contributed by atoms with E-state index in [2.05, 4.69) is 88.2 Å². The maximum absolute atomic E-state index is 4.81. The van der Waals surface area contributed by atoms with Gasteiger partial charge in [0.15, 0.2) is 0 Å². The van der Waals surface area contributed by atoms with Crippen LogP contribution in [0.5, 0.6) is 0 Å². The van der Waals surface area contributed by atoms with Crippen LogP contribution in [0.15, 0.2) is 91.1 Å². The molecule has 2 heterocycles. The van der Waals surface area contributed by atoms with Gasteiger partial charge in [0, 0.05) is 0 Å². The minimum absolute atomic E-state index is 1.02. The minimum atomic E-state index is 1.02. The van der Waals surface area contributed by atoms with Crippen LogP contribution in [-0.2, 0) is 0 Å². The van der Waals surface area contributed by atoms with Gasteiger partial charge in [-0.3, -0.25) is 0 Å². The second-order valence-corrected chi connectivity index (χ2v) is 7.48. The van der Waals surface area contributed by atoms with Gasteiger partial charge in [0.2, 0.25) is 0 Å². The van der Waals surface area contributed by atoms with E-state index in [4.69, 9.17) is 4.98 Å². The Labute approximate surface area is 162 Å². The molecule has 0 saturated carbocycles. The predicted molar refractivity (Wildman–Crippen MR) is 109 cm³/mol. The molecule has 3 heteroatoms. The van der Waals surface area contributed by atoms with Gasteiger partial charge in [0.05, 0.1) is 0 Å². The van der Waals surface area contributed by atoms with Crippen LogP contribution in [-0.4, -0.2) is 27.1 Å². The van der Waals surface area contributed by atoms with E-state index in [1.807, 2.05) is 6.20 Å². The Hall–Kier alpha value is -2.75. The third-order valence-corrected chi connectivity index (χ3v) is 5.97. The van der Waals surface area contributed by atoms with E-state index < -0.39 is 0 Å². The Morgan fingerprint density at radius 2 is 1.42 bits per heavy atom. The number of nitrogens with zero attached hydrogens (tertiary/aromatic N) is 2. The van der Waals surface area contributed by atoms with Crippen molar-refractivity contribution in [1.82, 2.24) is 8.26 Å². The Morgan fingerprint density at radius 3 is 2.27 bits per heavy atom. The summed E-state index contributed by atoms with van der Waals surface area (Å²) < 4.78 is 2.32. The molecule has 2 radical (unpaired) electrons. The number of pyridine rings is 1. The van der Waals surface area contributed by atoms with Crippen molar-refractivity contribution in [3.8, 4) is 22.5 Å². The van der Waals surface area contributed by atoms with Crippen molar-refractivity contribution in [3.05, 3.63) is 91.1 Å². The van der Waals surface area contributed by atoms with E-state index in [1.165, 1.54) is 38.5 Å². The topological polar surface area (TPSA) is 17.8 Å². The van der Waals surface area contributed by atoms with Crippen molar-refractivity contribution in [2.24, 2.45) is 0 Å². The Balaban J connectivity index is 1.88. The Kier molecular flexibility index (Phi) is 3.70. The average molecular weight is 389 g/mol. The Bertz CT molecular complexity index is 1240. The molecule has 0 spiro atoms. The molecule has 0 aliphatic heterocycles. The van der Waals surface area contributed by atoms with Crippen LogP contribution in [0, 0.1) is 0 Å². The molecule has 0 bridgehead atoms. The van der Waals surface area contributed by atoms with Crippen LogP contribution >= 0.6 is 0 Å². The van der Waals surface area contributed by atoms with Crippen molar-refractivity contribution in [2.45, 2.75) is 0 Å². The van der Waals surface area contributed by atoms with Crippen molar-refractivity contribution in [3.63, 3.8) is 0 Å². The molecule has 0 aliphatic rings. The molecule has 0 fully saturated rings. The molecule has 2 aromatic heterocycles. The fraction of sp³-hybridized carbons (Fsp3) is 0. The van der Waals surface area contributed by atoms with Gasteiger partial charge in [-0.05, 0) is 0 Å². The zero-order valence-electron chi connectivity index (χ0n) is 14.1. The van der Waals surface area contributed by atoms with Gasteiger partial charge >= 0.3 is 162 Å². The van der Waals surface area contributed by atoms with Crippen molar-refractivity contribution in [1.29, 1.82) is 0 Å². The van der Waals surface area contributed by atoms with E-state index in [1.54, 1.807) is 18.8 Å². The number of fused-ring (bicyclic) bond motifs is 2. The summed E-state index contributed by atoms with van der Waals surface area (Å²) >= 11 is 1.58. The zero-order valence-corrected chi connectivity index (χ0v) is 16.6. The molecule has 0 saturated heterocycles. The summed E-state index contributed by atoms with van der Waals surface area (Å²) in [5.41, 5.74) is 5.93. The number of benzene rings is 3. The monoisotopic (exact) mass is 388 g/mol. The standard InChI is InChI=1S/C23H15N2.Ga/c1-2-8-16(9-3-1)22-19-12-6-7-13-20(19)25-23(22)21-14-17-10-4-5-11-18(17)15-24-21;/h1-15H;/q-1;+1. The molecule has 3 aromatic carbocycles. The molecule has 120 valence electrons. The molecule has 2 nitrogen and oxygen atoms in total. The van der Waals surface area contributed by atoms with Gasteiger partial charge in [-0.2, -0.15) is 0 Å². The number of rotatable bonds is 2. The molecule has 0 N–H and O–H groups in total. The first-order chi connectivity index (χ1) is 12.8. The van der Waals surface area contributed by atoms with Crippen LogP contribution in [0.1, 0.15) is 0 Å². The molecule has 5 aromatic rings. The van der Waals surface area contributed by atoms with Crippen LogP contribution in [0.4, 0.5) is 0 Å². The Morgan fingerprint density at radius 1 is 0.731 bits per heavy atom. The van der Waals surface area contributed by atoms with Crippen LogP contribution in [0.2, 0.25) is 0 Å². The first-order valence-corrected chi connectivity index (χ1v) is 9.70. The SMILES string of the molecule is [Ga][n]1c(-c2cc3ccccc3cn2)c(-c2ccccc2)c2ccccc21. The van der Waals surface area contributed by atoms with Gasteiger partial charge < -0.3 is 0 Å². The summed E-state index contributed by atoms with van der Waals surface area (Å²) in [5.74, 6) is 0. The van der Waals surface area contributed by atoms with Gasteiger partial charge in [0.1, 0.15) is 0 Å². The van der Waals surface area contributed by atoms with Crippen LogP contribution in [0.3, 0.4) is 0 Å². The molecule has 26 heavy (non-hydrogen) atoms. The molecular formula is C23H15GaN2. The molecule has 0 aliphatic carbocycles. The molecular weight excluding hydrogens is 374 g/mol. The number of hydrogen-bond acceptors (Lipinski definition) is 1. The first kappa shape index (κ1) is 15.5. The molecule has 0 atom stereocenters. The third kappa shape index (κ3) is 2.40. The molecule has 0 amide bonds. The maximum atomic E-state index is 4.81. The van der Waals surface area contributed by atoms with Gasteiger partial charge in [0.25, 0.3) is 0 Å². The summed E-state index contributed by atoms with van der Waals surface area (Å²) in [6.45, 7) is 0. The third-order valence-electron chi connectivity index (χ3n) is 4.85. The average Bonchev–Trinajstić information content (AvgIpc) is 3.01. The summed E-state index contributed by atoms with van der Waals surface area (Å²) in [4.78, 5) is 4.81. The summed E-state index contributed by atoms with van der Waals surface area (Å²) in [6.07, 6.45) is 1.98. The van der Waals surface area contributed by atoms with Crippen molar-refractivity contribution < 1.29 is 0 Å². The van der Waals surface area contributed by atoms with Gasteiger partial charge in [-0.15, -0.1) is 0 Å². The fourth-order valence-corrected chi connectivity index (χ4v) is 4.65. The normalized spacial score (nSPS) is 11.2. The molecule has 5 rings (SSSR count). The second kappa shape index (κ2) is 6.20. The van der Waals surface area contributed by atoms with E-state index in [0.717, 1.165) is 5.69 Å². The van der Waals surface area contributed by atoms with Gasteiger partial charge in [-0.1, -0.05) is 0 Å². The van der Waals surface area contributed by atoms with E-state index in [0.29, 0.717) is 0 Å². The summed E-state index contributed by atoms with van der Waals surface area (Å²) in [5, 5.41) is 3.66. The second-order valence-electron chi connectivity index (χ2n) is 6.39. The number of hydrogen-bond donors (Lipinski definition) is 0. The van der Waals surface area contributed by atoms with Gasteiger partial charge in [-0.25, -0.2) is 0 Å². The summed E-state index contributed by atoms with van der Waals surface area (Å²) in [6, 6.07) is 29.8. The van der Waals surface area contributed by atoms with Crippen molar-refractivity contribution in [2.75, 3.05) is 0 Å². The van der Waals surface area contributed by atoms with Crippen LogP contribution in [0.25, 0.3) is 44.2 Å². The zero-order chi connectivity index (χ0) is 17.5. The molecule has 0 unspecified atom stereocenters. The van der Waals surface area contributed by atoms with Crippen molar-refractivity contribution >= 4 is 40.5 Å². The van der Waals surface area contributed by atoms with Crippen LogP contribution < -0.4 is 0 Å². The summed E-state index contributed by atoms with van der Waals surface area (Å²) in [7, 11) is 0. The fourth-order valence-electron chi connectivity index (χ4n) is 3.63. The van der Waals surface area contributed by atoms with E-state index in [9.17, 15) is 0 Å². The van der Waals surface area contributed by atoms with E-state index in [-0.39, 0.29) is 0 Å². The number of aromatic nitrogens is 2. The first-order valence-electron chi connectivity index (χ1n) is 8.62. The number of para-hydroxylation sites is 1. The predicted octanol–water partition coefficient (Wildman–Crippen LogP) is 5.46. The van der Waals surface area contributed by atoms with E-state index >= 15 is 0 Å². The quantitative estimate of drug-likeness (QED) is 0.367.